The molecule has 0 amide bonds. The lowest BCUT2D eigenvalue weighted by Crippen LogP contribution is -2.15. The summed E-state index contributed by atoms with van der Waals surface area (Å²) in [4.78, 5) is 31.1. The number of hydrogen-bond acceptors (Lipinski definition) is 6. The minimum absolute atomic E-state index is 0.0737. The summed E-state index contributed by atoms with van der Waals surface area (Å²) in [5.74, 6) is 1.43. The van der Waals surface area contributed by atoms with Crippen LogP contribution in [0.2, 0.25) is 0 Å². The molecule has 0 saturated carbocycles. The highest BCUT2D eigenvalue weighted by Gasteiger charge is 2.38. The van der Waals surface area contributed by atoms with Crippen molar-refractivity contribution in [2.24, 2.45) is 0 Å². The van der Waals surface area contributed by atoms with Crippen molar-refractivity contribution in [1.82, 2.24) is 29.9 Å². The van der Waals surface area contributed by atoms with Crippen molar-refractivity contribution in [1.29, 1.82) is 0 Å². The molecule has 0 unspecified atom stereocenters. The second kappa shape index (κ2) is 32.8. The van der Waals surface area contributed by atoms with Crippen molar-refractivity contribution in [2.75, 3.05) is 0 Å². The van der Waals surface area contributed by atoms with Crippen LogP contribution in [0.25, 0.3) is 211 Å². The molecular weight excluding hydrogens is 1550 g/mol. The zero-order chi connectivity index (χ0) is 85.8. The van der Waals surface area contributed by atoms with E-state index >= 15 is 0 Å². The van der Waals surface area contributed by atoms with E-state index in [-0.39, 0.29) is 10.8 Å². The summed E-state index contributed by atoms with van der Waals surface area (Å²) in [6, 6.07) is 159. The molecule has 19 aromatic carbocycles. The van der Waals surface area contributed by atoms with Gasteiger partial charge in [0.15, 0.2) is 11.6 Å². The molecule has 0 bridgehead atoms. The van der Waals surface area contributed by atoms with Gasteiger partial charge < -0.3 is 0 Å². The maximum absolute atomic E-state index is 5.37. The van der Waals surface area contributed by atoms with Crippen molar-refractivity contribution < 1.29 is 0 Å². The number of hydrogen-bond donors (Lipinski definition) is 0. The standard InChI is InChI=1S/C44H30N2.C40H26N2.C38H30N2/c1-5-15-31(16-6-1)35-25-36(32-17-7-2-8-18-32)28-39(27-35)43-41-23-13-14-24-42(41)45-44(46-43)40-29-37(33-19-9-3-10-20-33)26-38(30-40)34-21-11-4-12-22-34;1-3-9-33-25-35(23-17-27(33)7-1)29-13-19-31(20-14-29)39-37-11-5-6-12-38(37)41-40(42-39)32-21-15-30(16-22-32)36-24-18-28-8-2-4-10-34(28)26-36;1-37(2)29-13-7-5-11-25(29)27-19-17-23(21-31(27)37)35-36(40-34-16-10-9-15-33(34)39-35)24-18-20-28-26-12-6-8-14-30(26)38(3,4)32(28)22-24/h1-30H;1-26H;5-22H,1-4H3. The van der Waals surface area contributed by atoms with Gasteiger partial charge in [-0.05, 0) is 218 Å². The van der Waals surface area contributed by atoms with Crippen LogP contribution >= 0.6 is 0 Å². The average molecular weight is 1640 g/mol. The minimum atomic E-state index is -0.0737. The number of fused-ring (bicyclic) bond motifs is 11. The Morgan fingerprint density at radius 1 is 0.148 bits per heavy atom. The summed E-state index contributed by atoms with van der Waals surface area (Å²) < 4.78 is 0. The first-order valence-electron chi connectivity index (χ1n) is 43.9. The Hall–Kier alpha value is -16.3. The molecule has 0 N–H and O–H groups in total. The number of para-hydroxylation sites is 4. The molecule has 0 fully saturated rings. The molecule has 128 heavy (non-hydrogen) atoms. The predicted molar refractivity (Wildman–Crippen MR) is 534 cm³/mol. The molecule has 2 aliphatic carbocycles. The Morgan fingerprint density at radius 3 is 0.859 bits per heavy atom. The van der Waals surface area contributed by atoms with Gasteiger partial charge in [0, 0.05) is 55.0 Å². The van der Waals surface area contributed by atoms with Crippen LogP contribution in [0.3, 0.4) is 0 Å². The van der Waals surface area contributed by atoms with Gasteiger partial charge in [-0.2, -0.15) is 0 Å². The van der Waals surface area contributed by atoms with E-state index < -0.39 is 0 Å². The van der Waals surface area contributed by atoms with E-state index in [0.717, 1.165) is 128 Å². The van der Waals surface area contributed by atoms with Crippen LogP contribution in [-0.2, 0) is 10.8 Å². The third-order valence-electron chi connectivity index (χ3n) is 25.8. The lowest BCUT2D eigenvalue weighted by Gasteiger charge is -2.23. The molecule has 0 aliphatic heterocycles. The van der Waals surface area contributed by atoms with Gasteiger partial charge in [-0.25, -0.2) is 29.9 Å². The predicted octanol–water partition coefficient (Wildman–Crippen LogP) is 31.8. The Bertz CT molecular complexity index is 7760. The van der Waals surface area contributed by atoms with Gasteiger partial charge in [0.05, 0.1) is 44.8 Å². The van der Waals surface area contributed by atoms with Crippen LogP contribution in [-0.4, -0.2) is 29.9 Å². The fourth-order valence-corrected chi connectivity index (χ4v) is 19.0. The first-order chi connectivity index (χ1) is 62.9. The van der Waals surface area contributed by atoms with E-state index in [1.807, 2.05) is 18.2 Å². The van der Waals surface area contributed by atoms with Crippen molar-refractivity contribution in [2.45, 2.75) is 38.5 Å². The Kier molecular flexibility index (Phi) is 19.9. The van der Waals surface area contributed by atoms with Crippen LogP contribution in [0.15, 0.2) is 449 Å². The Morgan fingerprint density at radius 2 is 0.438 bits per heavy atom. The molecule has 0 saturated heterocycles. The van der Waals surface area contributed by atoms with Crippen molar-refractivity contribution in [3.8, 4) is 157 Å². The fourth-order valence-electron chi connectivity index (χ4n) is 19.0. The van der Waals surface area contributed by atoms with Gasteiger partial charge in [0.1, 0.15) is 0 Å². The van der Waals surface area contributed by atoms with Crippen LogP contribution in [0.1, 0.15) is 49.9 Å². The molecule has 6 nitrogen and oxygen atoms in total. The van der Waals surface area contributed by atoms with E-state index in [4.69, 9.17) is 29.9 Å². The normalized spacial score (nSPS) is 12.5. The molecule has 3 aromatic heterocycles. The number of rotatable bonds is 12. The summed E-state index contributed by atoms with van der Waals surface area (Å²) >= 11 is 0. The zero-order valence-corrected chi connectivity index (χ0v) is 71.4. The highest BCUT2D eigenvalue weighted by molar-refractivity contribution is 5.99. The topological polar surface area (TPSA) is 77.3 Å². The SMILES string of the molecule is CC1(C)c2ccccc2-c2ccc(-c3nc4ccccc4nc3-c3ccc4c(c3)C(C)(C)c3ccccc3-4)cc21.c1ccc(-c2cc(-c3ccccc3)cc(-c3nc(-c4cc(-c5ccccc5)cc(-c5ccccc5)c4)c4ccccc4n3)c2)cc1.c1ccc2cc(-c3ccc(-c4nc(-c5ccc(-c6ccc7ccccc7c6)cc5)c5ccccc5n4)cc3)ccc2c1. The van der Waals surface area contributed by atoms with Gasteiger partial charge in [-0.3, -0.25) is 0 Å². The van der Waals surface area contributed by atoms with Crippen LogP contribution in [0.5, 0.6) is 0 Å². The van der Waals surface area contributed by atoms with E-state index in [1.54, 1.807) is 0 Å². The third kappa shape index (κ3) is 14.7. The first kappa shape index (κ1) is 77.8. The number of benzene rings is 19. The molecule has 0 atom stereocenters. The van der Waals surface area contributed by atoms with E-state index in [2.05, 4.69) is 458 Å². The average Bonchev–Trinajstić information content (AvgIpc) is 1.57. The van der Waals surface area contributed by atoms with Crippen LogP contribution < -0.4 is 0 Å². The summed E-state index contributed by atoms with van der Waals surface area (Å²) in [7, 11) is 0. The fraction of sp³-hybridized carbons (Fsp3) is 0.0492. The molecule has 24 rings (SSSR count). The summed E-state index contributed by atoms with van der Waals surface area (Å²) in [5, 5.41) is 7.07. The summed E-state index contributed by atoms with van der Waals surface area (Å²) in [5.41, 5.74) is 38.3. The monoisotopic (exact) mass is 1630 g/mol. The van der Waals surface area contributed by atoms with Crippen molar-refractivity contribution >= 4 is 54.4 Å². The molecule has 2 aliphatic rings. The maximum Gasteiger partial charge on any atom is 0.160 e. The largest absolute Gasteiger partial charge is 0.244 e. The smallest absolute Gasteiger partial charge is 0.160 e. The van der Waals surface area contributed by atoms with Gasteiger partial charge in [0.2, 0.25) is 0 Å². The van der Waals surface area contributed by atoms with Gasteiger partial charge >= 0.3 is 0 Å². The highest BCUT2D eigenvalue weighted by atomic mass is 14.9. The van der Waals surface area contributed by atoms with Gasteiger partial charge in [-0.1, -0.05) is 392 Å². The highest BCUT2D eigenvalue weighted by Crippen LogP contribution is 2.53. The lowest BCUT2D eigenvalue weighted by atomic mass is 9.81. The Labute approximate surface area is 745 Å². The van der Waals surface area contributed by atoms with Gasteiger partial charge in [-0.15, -0.1) is 0 Å². The number of aromatic nitrogens is 6. The van der Waals surface area contributed by atoms with E-state index in [1.165, 1.54) is 99.4 Å². The zero-order valence-electron chi connectivity index (χ0n) is 71.4. The van der Waals surface area contributed by atoms with Crippen molar-refractivity contribution in [3.05, 3.63) is 471 Å². The number of nitrogens with zero attached hydrogens (tertiary/aromatic N) is 6. The quantitative estimate of drug-likeness (QED) is 0.121. The molecule has 3 heterocycles. The summed E-state index contributed by atoms with van der Waals surface area (Å²) in [6.45, 7) is 9.31. The maximum atomic E-state index is 5.37. The van der Waals surface area contributed by atoms with Crippen LogP contribution in [0.4, 0.5) is 0 Å². The molecule has 0 radical (unpaired) electrons. The van der Waals surface area contributed by atoms with Gasteiger partial charge in [0.25, 0.3) is 0 Å². The first-order valence-corrected chi connectivity index (χ1v) is 43.9. The molecule has 604 valence electrons. The second-order valence-electron chi connectivity index (χ2n) is 34.4. The molecule has 0 spiro atoms. The third-order valence-corrected chi connectivity index (χ3v) is 25.8. The molecule has 22 aromatic rings. The second-order valence-corrected chi connectivity index (χ2v) is 34.4. The van der Waals surface area contributed by atoms with Crippen LogP contribution in [0, 0.1) is 0 Å². The Balaban J connectivity index is 0.000000113. The van der Waals surface area contributed by atoms with Crippen molar-refractivity contribution in [3.63, 3.8) is 0 Å². The molecular formula is C122H86N6. The summed E-state index contributed by atoms with van der Waals surface area (Å²) in [6.07, 6.45) is 0. The van der Waals surface area contributed by atoms with E-state index in [9.17, 15) is 0 Å². The van der Waals surface area contributed by atoms with E-state index in [0.29, 0.717) is 5.82 Å². The minimum Gasteiger partial charge on any atom is -0.244 e. The molecule has 6 heteroatoms. The lowest BCUT2D eigenvalue weighted by molar-refractivity contribution is 0.660.